The van der Waals surface area contributed by atoms with Crippen LogP contribution in [-0.4, -0.2) is 41.0 Å². The lowest BCUT2D eigenvalue weighted by Crippen LogP contribution is -2.40. The van der Waals surface area contributed by atoms with Crippen molar-refractivity contribution in [2.24, 2.45) is 18.0 Å². The van der Waals surface area contributed by atoms with E-state index in [0.29, 0.717) is 25.6 Å². The Morgan fingerprint density at radius 2 is 1.89 bits per heavy atom. The molecular weight excluding hydrogens is 352 g/mol. The number of methoxy groups -OCH3 is 1. The minimum atomic E-state index is 0.128. The van der Waals surface area contributed by atoms with Crippen molar-refractivity contribution in [3.8, 4) is 0 Å². The first kappa shape index (κ1) is 21.9. The molecule has 28 heavy (non-hydrogen) atoms. The monoisotopic (exact) mass is 386 g/mol. The third kappa shape index (κ3) is 6.64. The van der Waals surface area contributed by atoms with Crippen LogP contribution in [0.4, 0.5) is 0 Å². The summed E-state index contributed by atoms with van der Waals surface area (Å²) in [7, 11) is 3.64. The van der Waals surface area contributed by atoms with Gasteiger partial charge in [-0.3, -0.25) is 0 Å². The molecule has 1 heterocycles. The Hall–Kier alpha value is -2.41. The molecule has 2 rings (SSSR count). The van der Waals surface area contributed by atoms with Crippen molar-refractivity contribution in [2.75, 3.05) is 20.3 Å². The van der Waals surface area contributed by atoms with E-state index in [0.717, 1.165) is 24.0 Å². The summed E-state index contributed by atoms with van der Waals surface area (Å²) in [6.07, 6.45) is 1.10. The summed E-state index contributed by atoms with van der Waals surface area (Å²) in [5.41, 5.74) is 2.60. The van der Waals surface area contributed by atoms with Crippen LogP contribution in [-0.2, 0) is 24.8 Å². The van der Waals surface area contributed by atoms with Crippen LogP contribution in [0.25, 0.3) is 0 Å². The lowest BCUT2D eigenvalue weighted by molar-refractivity contribution is 0.203. The number of benzene rings is 1. The Morgan fingerprint density at radius 1 is 1.18 bits per heavy atom. The maximum Gasteiger partial charge on any atom is 0.192 e. The minimum Gasteiger partial charge on any atom is -0.383 e. The number of ether oxygens (including phenoxy) is 1. The summed E-state index contributed by atoms with van der Waals surface area (Å²) < 4.78 is 7.09. The van der Waals surface area contributed by atoms with Gasteiger partial charge in [-0.05, 0) is 37.3 Å². The fourth-order valence-electron chi connectivity index (χ4n) is 2.86. The van der Waals surface area contributed by atoms with E-state index in [-0.39, 0.29) is 6.04 Å². The molecular formula is C21H34N6O. The summed E-state index contributed by atoms with van der Waals surface area (Å²) in [5, 5.41) is 15.1. The smallest absolute Gasteiger partial charge is 0.192 e. The van der Waals surface area contributed by atoms with E-state index in [1.807, 2.05) is 18.5 Å². The van der Waals surface area contributed by atoms with Crippen LogP contribution in [0, 0.1) is 12.8 Å². The van der Waals surface area contributed by atoms with Crippen molar-refractivity contribution in [1.82, 2.24) is 25.4 Å². The summed E-state index contributed by atoms with van der Waals surface area (Å²) in [6.45, 7) is 10.3. The van der Waals surface area contributed by atoms with E-state index in [2.05, 4.69) is 70.9 Å². The summed E-state index contributed by atoms with van der Waals surface area (Å²) >= 11 is 0. The second-order valence-electron chi connectivity index (χ2n) is 7.51. The molecule has 154 valence electrons. The van der Waals surface area contributed by atoms with E-state index >= 15 is 0 Å². The van der Waals surface area contributed by atoms with Crippen molar-refractivity contribution < 1.29 is 4.74 Å². The molecule has 7 heteroatoms. The molecule has 0 aliphatic heterocycles. The van der Waals surface area contributed by atoms with Gasteiger partial charge in [0.1, 0.15) is 12.4 Å². The zero-order valence-corrected chi connectivity index (χ0v) is 18.0. The second-order valence-corrected chi connectivity index (χ2v) is 7.51. The summed E-state index contributed by atoms with van der Waals surface area (Å²) in [6, 6.07) is 8.93. The van der Waals surface area contributed by atoms with Crippen molar-refractivity contribution in [2.45, 2.75) is 46.7 Å². The fraction of sp³-hybridized carbons (Fsp3) is 0.571. The molecule has 0 fully saturated rings. The van der Waals surface area contributed by atoms with Gasteiger partial charge in [0.05, 0.1) is 12.6 Å². The lowest BCUT2D eigenvalue weighted by Gasteiger charge is -2.19. The molecule has 0 amide bonds. The second kappa shape index (κ2) is 10.8. The highest BCUT2D eigenvalue weighted by molar-refractivity contribution is 5.80. The quantitative estimate of drug-likeness (QED) is 0.394. The SMILES string of the molecule is COCCNC(=NCc1nnc(C)n1C)NC(C)c1ccc(CC(C)C)cc1. The minimum absolute atomic E-state index is 0.128. The van der Waals surface area contributed by atoms with Gasteiger partial charge in [0.25, 0.3) is 0 Å². The third-order valence-electron chi connectivity index (χ3n) is 4.64. The van der Waals surface area contributed by atoms with Crippen LogP contribution in [0.5, 0.6) is 0 Å². The number of guanidine groups is 1. The number of rotatable bonds is 9. The average Bonchev–Trinajstić information content (AvgIpc) is 2.98. The Labute approximate surface area is 168 Å². The first-order valence-electron chi connectivity index (χ1n) is 9.88. The van der Waals surface area contributed by atoms with Crippen LogP contribution in [0.2, 0.25) is 0 Å². The molecule has 7 nitrogen and oxygen atoms in total. The summed E-state index contributed by atoms with van der Waals surface area (Å²) in [4.78, 5) is 4.68. The highest BCUT2D eigenvalue weighted by Gasteiger charge is 2.10. The van der Waals surface area contributed by atoms with E-state index in [1.165, 1.54) is 11.1 Å². The van der Waals surface area contributed by atoms with Crippen molar-refractivity contribution in [3.05, 3.63) is 47.0 Å². The van der Waals surface area contributed by atoms with Gasteiger partial charge in [-0.15, -0.1) is 10.2 Å². The molecule has 2 aromatic rings. The van der Waals surface area contributed by atoms with E-state index < -0.39 is 0 Å². The zero-order valence-electron chi connectivity index (χ0n) is 18.0. The Kier molecular flexibility index (Phi) is 8.44. The average molecular weight is 387 g/mol. The standard InChI is InChI=1S/C21H34N6O/c1-15(2)13-18-7-9-19(10-8-18)16(3)24-21(22-11-12-28-6)23-14-20-26-25-17(4)27(20)5/h7-10,15-16H,11-14H2,1-6H3,(H2,22,23,24). The first-order chi connectivity index (χ1) is 13.4. The van der Waals surface area contributed by atoms with Crippen LogP contribution in [0.15, 0.2) is 29.3 Å². The number of aromatic nitrogens is 3. The molecule has 1 unspecified atom stereocenters. The first-order valence-corrected chi connectivity index (χ1v) is 9.88. The van der Waals surface area contributed by atoms with Crippen molar-refractivity contribution >= 4 is 5.96 Å². The third-order valence-corrected chi connectivity index (χ3v) is 4.64. The fourth-order valence-corrected chi connectivity index (χ4v) is 2.86. The van der Waals surface area contributed by atoms with E-state index in [4.69, 9.17) is 4.74 Å². The molecule has 0 aliphatic carbocycles. The molecule has 0 radical (unpaired) electrons. The van der Waals surface area contributed by atoms with Gasteiger partial charge in [0.2, 0.25) is 0 Å². The molecule has 0 bridgehead atoms. The van der Waals surface area contributed by atoms with Crippen LogP contribution in [0.3, 0.4) is 0 Å². The normalized spacial score (nSPS) is 13.0. The van der Waals surface area contributed by atoms with Crippen LogP contribution < -0.4 is 10.6 Å². The largest absolute Gasteiger partial charge is 0.383 e. The van der Waals surface area contributed by atoms with Crippen LogP contribution >= 0.6 is 0 Å². The highest BCUT2D eigenvalue weighted by atomic mass is 16.5. The van der Waals surface area contributed by atoms with Gasteiger partial charge in [-0.2, -0.15) is 0 Å². The van der Waals surface area contributed by atoms with Gasteiger partial charge in [-0.25, -0.2) is 4.99 Å². The van der Waals surface area contributed by atoms with Gasteiger partial charge in [0, 0.05) is 20.7 Å². The predicted octanol–water partition coefficient (Wildman–Crippen LogP) is 2.76. The molecule has 1 aromatic carbocycles. The highest BCUT2D eigenvalue weighted by Crippen LogP contribution is 2.15. The summed E-state index contributed by atoms with van der Waals surface area (Å²) in [5.74, 6) is 3.10. The van der Waals surface area contributed by atoms with Crippen LogP contribution in [0.1, 0.15) is 49.6 Å². The van der Waals surface area contributed by atoms with Gasteiger partial charge < -0.3 is 19.9 Å². The maximum atomic E-state index is 5.14. The Balaban J connectivity index is 2.05. The molecule has 1 atom stereocenters. The zero-order chi connectivity index (χ0) is 20.5. The number of aryl methyl sites for hydroxylation is 1. The predicted molar refractivity (Wildman–Crippen MR) is 113 cm³/mol. The van der Waals surface area contributed by atoms with Crippen molar-refractivity contribution in [3.63, 3.8) is 0 Å². The van der Waals surface area contributed by atoms with Gasteiger partial charge in [0.15, 0.2) is 11.8 Å². The number of nitrogens with zero attached hydrogens (tertiary/aromatic N) is 4. The van der Waals surface area contributed by atoms with Crippen molar-refractivity contribution in [1.29, 1.82) is 0 Å². The van der Waals surface area contributed by atoms with Gasteiger partial charge >= 0.3 is 0 Å². The Morgan fingerprint density at radius 3 is 2.46 bits per heavy atom. The van der Waals surface area contributed by atoms with E-state index in [9.17, 15) is 0 Å². The number of nitrogens with one attached hydrogen (secondary N) is 2. The number of aliphatic imine (C=N–C) groups is 1. The molecule has 0 saturated heterocycles. The van der Waals surface area contributed by atoms with E-state index in [1.54, 1.807) is 7.11 Å². The number of hydrogen-bond acceptors (Lipinski definition) is 4. The maximum absolute atomic E-state index is 5.14. The molecule has 0 spiro atoms. The number of hydrogen-bond donors (Lipinski definition) is 2. The molecule has 2 N–H and O–H groups in total. The molecule has 1 aromatic heterocycles. The Bertz CT molecular complexity index is 751. The lowest BCUT2D eigenvalue weighted by atomic mass is 10.00. The molecule has 0 aliphatic rings. The van der Waals surface area contributed by atoms with Gasteiger partial charge in [-0.1, -0.05) is 38.1 Å². The molecule has 0 saturated carbocycles. The topological polar surface area (TPSA) is 76.4 Å².